The molecular weight excluding hydrogens is 216 g/mol. The van der Waals surface area contributed by atoms with E-state index in [1.54, 1.807) is 0 Å². The number of amides is 1. The van der Waals surface area contributed by atoms with Crippen LogP contribution in [0.4, 0.5) is 0 Å². The Morgan fingerprint density at radius 1 is 1.47 bits per heavy atom. The predicted octanol–water partition coefficient (Wildman–Crippen LogP) is 0.994. The quantitative estimate of drug-likeness (QED) is 0.756. The Balaban J connectivity index is 2.43. The second-order valence-electron chi connectivity index (χ2n) is 5.49. The standard InChI is InChI=1S/C13H26N2O2/c1-10(2)7-14-13(17)8-15-11(3)5-4-6-12(15)9-16/h10-12,16H,4-9H2,1-3H3,(H,14,17). The summed E-state index contributed by atoms with van der Waals surface area (Å²) < 4.78 is 0. The van der Waals surface area contributed by atoms with Crippen molar-refractivity contribution in [3.63, 3.8) is 0 Å². The van der Waals surface area contributed by atoms with Gasteiger partial charge in [-0.1, -0.05) is 20.3 Å². The van der Waals surface area contributed by atoms with E-state index in [0.29, 0.717) is 18.5 Å². The molecule has 2 N–H and O–H groups in total. The fourth-order valence-electron chi connectivity index (χ4n) is 2.36. The molecule has 1 heterocycles. The van der Waals surface area contributed by atoms with Crippen LogP contribution in [-0.4, -0.2) is 47.7 Å². The number of likely N-dealkylation sites (tertiary alicyclic amines) is 1. The van der Waals surface area contributed by atoms with Gasteiger partial charge in [-0.25, -0.2) is 0 Å². The lowest BCUT2D eigenvalue weighted by Crippen LogP contribution is -2.51. The maximum absolute atomic E-state index is 11.8. The number of hydrogen-bond donors (Lipinski definition) is 2. The van der Waals surface area contributed by atoms with Crippen LogP contribution in [0.3, 0.4) is 0 Å². The molecule has 0 aromatic heterocycles. The molecule has 1 aliphatic heterocycles. The fraction of sp³-hybridized carbons (Fsp3) is 0.923. The smallest absolute Gasteiger partial charge is 0.234 e. The molecule has 100 valence electrons. The van der Waals surface area contributed by atoms with Gasteiger partial charge >= 0.3 is 0 Å². The first-order valence-corrected chi connectivity index (χ1v) is 6.68. The highest BCUT2D eigenvalue weighted by Gasteiger charge is 2.28. The lowest BCUT2D eigenvalue weighted by molar-refractivity contribution is -0.124. The van der Waals surface area contributed by atoms with Crippen LogP contribution in [0.2, 0.25) is 0 Å². The normalized spacial score (nSPS) is 26.2. The first kappa shape index (κ1) is 14.5. The van der Waals surface area contributed by atoms with E-state index in [2.05, 4.69) is 31.0 Å². The molecule has 2 unspecified atom stereocenters. The minimum Gasteiger partial charge on any atom is -0.395 e. The number of carbonyl (C=O) groups excluding carboxylic acids is 1. The molecule has 0 radical (unpaired) electrons. The maximum atomic E-state index is 11.8. The van der Waals surface area contributed by atoms with Crippen LogP contribution < -0.4 is 5.32 Å². The molecule has 2 atom stereocenters. The molecule has 0 spiro atoms. The molecule has 1 aliphatic rings. The van der Waals surface area contributed by atoms with Crippen molar-refractivity contribution in [3.05, 3.63) is 0 Å². The predicted molar refractivity (Wildman–Crippen MR) is 68.7 cm³/mol. The summed E-state index contributed by atoms with van der Waals surface area (Å²) in [6.07, 6.45) is 3.27. The minimum atomic E-state index is 0.0749. The van der Waals surface area contributed by atoms with Gasteiger partial charge in [0.25, 0.3) is 0 Å². The van der Waals surface area contributed by atoms with Crippen LogP contribution in [-0.2, 0) is 4.79 Å². The highest BCUT2D eigenvalue weighted by atomic mass is 16.3. The number of nitrogens with zero attached hydrogens (tertiary/aromatic N) is 1. The zero-order valence-electron chi connectivity index (χ0n) is 11.3. The SMILES string of the molecule is CC(C)CNC(=O)CN1C(C)CCCC1CO. The summed E-state index contributed by atoms with van der Waals surface area (Å²) in [5, 5.41) is 12.3. The molecule has 0 saturated carbocycles. The van der Waals surface area contributed by atoms with Gasteiger partial charge < -0.3 is 10.4 Å². The van der Waals surface area contributed by atoms with E-state index in [4.69, 9.17) is 0 Å². The van der Waals surface area contributed by atoms with Crippen molar-refractivity contribution in [3.8, 4) is 0 Å². The molecule has 0 aromatic rings. The van der Waals surface area contributed by atoms with Gasteiger partial charge in [0.05, 0.1) is 13.2 Å². The van der Waals surface area contributed by atoms with Crippen molar-refractivity contribution < 1.29 is 9.90 Å². The van der Waals surface area contributed by atoms with Crippen LogP contribution in [0.1, 0.15) is 40.0 Å². The van der Waals surface area contributed by atoms with Gasteiger partial charge in [0, 0.05) is 18.6 Å². The number of piperidine rings is 1. The molecule has 1 saturated heterocycles. The zero-order chi connectivity index (χ0) is 12.8. The van der Waals surface area contributed by atoms with Crippen LogP contribution in [0.5, 0.6) is 0 Å². The molecule has 0 aliphatic carbocycles. The lowest BCUT2D eigenvalue weighted by Gasteiger charge is -2.39. The van der Waals surface area contributed by atoms with Gasteiger partial charge in [0.1, 0.15) is 0 Å². The van der Waals surface area contributed by atoms with E-state index in [9.17, 15) is 9.90 Å². The van der Waals surface area contributed by atoms with Crippen molar-refractivity contribution in [2.75, 3.05) is 19.7 Å². The van der Waals surface area contributed by atoms with E-state index >= 15 is 0 Å². The van der Waals surface area contributed by atoms with E-state index in [0.717, 1.165) is 25.8 Å². The maximum Gasteiger partial charge on any atom is 0.234 e. The number of hydrogen-bond acceptors (Lipinski definition) is 3. The molecule has 1 amide bonds. The van der Waals surface area contributed by atoms with Gasteiger partial charge in [-0.3, -0.25) is 9.69 Å². The van der Waals surface area contributed by atoms with Crippen molar-refractivity contribution in [1.82, 2.24) is 10.2 Å². The molecule has 4 heteroatoms. The summed E-state index contributed by atoms with van der Waals surface area (Å²) in [7, 11) is 0. The van der Waals surface area contributed by atoms with Gasteiger partial charge in [-0.15, -0.1) is 0 Å². The first-order valence-electron chi connectivity index (χ1n) is 6.68. The summed E-state index contributed by atoms with van der Waals surface area (Å²) >= 11 is 0. The fourth-order valence-corrected chi connectivity index (χ4v) is 2.36. The Hall–Kier alpha value is -0.610. The molecular formula is C13H26N2O2. The Kier molecular flexibility index (Phi) is 5.92. The van der Waals surface area contributed by atoms with Crippen molar-refractivity contribution in [2.24, 2.45) is 5.92 Å². The highest BCUT2D eigenvalue weighted by molar-refractivity contribution is 5.78. The third-order valence-corrected chi connectivity index (χ3v) is 3.44. The second-order valence-corrected chi connectivity index (χ2v) is 5.49. The third-order valence-electron chi connectivity index (χ3n) is 3.44. The number of nitrogens with one attached hydrogen (secondary N) is 1. The number of aliphatic hydroxyl groups excluding tert-OH is 1. The summed E-state index contributed by atoms with van der Waals surface area (Å²) in [6.45, 7) is 7.60. The minimum absolute atomic E-state index is 0.0749. The Bertz CT molecular complexity index is 244. The molecule has 4 nitrogen and oxygen atoms in total. The van der Waals surface area contributed by atoms with Crippen LogP contribution >= 0.6 is 0 Å². The van der Waals surface area contributed by atoms with Gasteiger partial charge in [0.2, 0.25) is 5.91 Å². The number of rotatable bonds is 5. The lowest BCUT2D eigenvalue weighted by atomic mass is 9.97. The first-order chi connectivity index (χ1) is 8.04. The molecule has 17 heavy (non-hydrogen) atoms. The number of carbonyl (C=O) groups is 1. The van der Waals surface area contributed by atoms with Crippen molar-refractivity contribution in [1.29, 1.82) is 0 Å². The summed E-state index contributed by atoms with van der Waals surface area (Å²) in [5.74, 6) is 0.553. The Morgan fingerprint density at radius 3 is 2.76 bits per heavy atom. The molecule has 1 fully saturated rings. The van der Waals surface area contributed by atoms with Gasteiger partial charge in [-0.05, 0) is 25.7 Å². The summed E-state index contributed by atoms with van der Waals surface area (Å²) in [6, 6.07) is 0.550. The van der Waals surface area contributed by atoms with Gasteiger partial charge in [-0.2, -0.15) is 0 Å². The number of aliphatic hydroxyl groups is 1. The van der Waals surface area contributed by atoms with E-state index in [1.165, 1.54) is 0 Å². The third kappa shape index (κ3) is 4.64. The molecule has 0 aromatic carbocycles. The van der Waals surface area contributed by atoms with Gasteiger partial charge in [0.15, 0.2) is 0 Å². The Morgan fingerprint density at radius 2 is 2.18 bits per heavy atom. The molecule has 1 rings (SSSR count). The second kappa shape index (κ2) is 6.97. The summed E-state index contributed by atoms with van der Waals surface area (Å²) in [4.78, 5) is 13.9. The Labute approximate surface area is 104 Å². The monoisotopic (exact) mass is 242 g/mol. The van der Waals surface area contributed by atoms with E-state index in [-0.39, 0.29) is 18.6 Å². The average molecular weight is 242 g/mol. The largest absolute Gasteiger partial charge is 0.395 e. The van der Waals surface area contributed by atoms with Crippen LogP contribution in [0.15, 0.2) is 0 Å². The van der Waals surface area contributed by atoms with Crippen LogP contribution in [0.25, 0.3) is 0 Å². The van der Waals surface area contributed by atoms with Crippen molar-refractivity contribution >= 4 is 5.91 Å². The zero-order valence-corrected chi connectivity index (χ0v) is 11.3. The summed E-state index contributed by atoms with van der Waals surface area (Å²) in [5.41, 5.74) is 0. The van der Waals surface area contributed by atoms with E-state index < -0.39 is 0 Å². The van der Waals surface area contributed by atoms with Crippen molar-refractivity contribution in [2.45, 2.75) is 52.1 Å². The average Bonchev–Trinajstić information content (AvgIpc) is 2.29. The highest BCUT2D eigenvalue weighted by Crippen LogP contribution is 2.21. The van der Waals surface area contributed by atoms with Crippen LogP contribution in [0, 0.1) is 5.92 Å². The van der Waals surface area contributed by atoms with E-state index in [1.807, 2.05) is 0 Å². The molecule has 0 bridgehead atoms. The topological polar surface area (TPSA) is 52.6 Å².